The molecule has 3 nitrogen and oxygen atoms in total. The number of ether oxygens (including phenoxy) is 1. The zero-order valence-corrected chi connectivity index (χ0v) is 13.5. The first-order valence-electron chi connectivity index (χ1n) is 6.55. The van der Waals surface area contributed by atoms with Crippen LogP contribution in [0, 0.1) is 0 Å². The number of hydrogen-bond donors (Lipinski definition) is 1. The molecule has 0 spiro atoms. The number of methoxy groups -OCH3 is 1. The zero-order valence-electron chi connectivity index (χ0n) is 11.1. The van der Waals surface area contributed by atoms with E-state index in [1.54, 1.807) is 7.11 Å². The monoisotopic (exact) mass is 346 g/mol. The molecule has 1 heterocycles. The third kappa shape index (κ3) is 3.92. The first-order valence-corrected chi connectivity index (χ1v) is 7.72. The largest absolute Gasteiger partial charge is 0.381 e. The molecule has 0 saturated carbocycles. The van der Waals surface area contributed by atoms with Crippen molar-refractivity contribution in [2.45, 2.75) is 31.5 Å². The van der Waals surface area contributed by atoms with Gasteiger partial charge in [-0.15, -0.1) is 0 Å². The van der Waals surface area contributed by atoms with E-state index in [1.807, 2.05) is 6.07 Å². The summed E-state index contributed by atoms with van der Waals surface area (Å²) >= 11 is 9.49. The minimum Gasteiger partial charge on any atom is -0.381 e. The molecule has 1 fully saturated rings. The van der Waals surface area contributed by atoms with Crippen LogP contribution in [0.5, 0.6) is 0 Å². The van der Waals surface area contributed by atoms with Gasteiger partial charge in [-0.3, -0.25) is 4.90 Å². The molecular formula is C14H20BrClN2O. The fraction of sp³-hybridized carbons (Fsp3) is 0.571. The molecule has 2 atom stereocenters. The van der Waals surface area contributed by atoms with E-state index in [0.717, 1.165) is 35.4 Å². The average molecular weight is 348 g/mol. The Kier molecular flexibility index (Phi) is 5.66. The van der Waals surface area contributed by atoms with Crippen LogP contribution in [0.2, 0.25) is 5.02 Å². The fourth-order valence-electron chi connectivity index (χ4n) is 2.60. The number of rotatable bonds is 4. The van der Waals surface area contributed by atoms with Crippen LogP contribution in [0.25, 0.3) is 0 Å². The fourth-order valence-corrected chi connectivity index (χ4v) is 3.15. The van der Waals surface area contributed by atoms with Crippen molar-refractivity contribution in [1.82, 2.24) is 4.90 Å². The molecular weight excluding hydrogens is 328 g/mol. The van der Waals surface area contributed by atoms with Crippen molar-refractivity contribution < 1.29 is 4.74 Å². The Morgan fingerprint density at radius 1 is 1.53 bits per heavy atom. The molecule has 1 aliphatic heterocycles. The number of nitrogens with zero attached hydrogens (tertiary/aromatic N) is 1. The standard InChI is InChI=1S/C14H20BrClN2O/c1-19-12-4-5-18(11(7-12)8-17)9-10-2-3-14(16)13(15)6-10/h2-3,6,11-12H,4-5,7-9,17H2,1H3. The topological polar surface area (TPSA) is 38.5 Å². The van der Waals surface area contributed by atoms with Gasteiger partial charge in [0, 0.05) is 37.3 Å². The van der Waals surface area contributed by atoms with Crippen molar-refractivity contribution in [2.75, 3.05) is 20.2 Å². The van der Waals surface area contributed by atoms with Crippen LogP contribution >= 0.6 is 27.5 Å². The second-order valence-corrected chi connectivity index (χ2v) is 6.25. The van der Waals surface area contributed by atoms with Crippen molar-refractivity contribution in [2.24, 2.45) is 5.73 Å². The normalized spacial score (nSPS) is 24.6. The minimum atomic E-state index is 0.349. The first kappa shape index (κ1) is 15.3. The summed E-state index contributed by atoms with van der Waals surface area (Å²) in [4.78, 5) is 2.44. The molecule has 2 rings (SSSR count). The van der Waals surface area contributed by atoms with Gasteiger partial charge in [-0.2, -0.15) is 0 Å². The maximum absolute atomic E-state index is 6.02. The highest BCUT2D eigenvalue weighted by Crippen LogP contribution is 2.26. The summed E-state index contributed by atoms with van der Waals surface area (Å²) in [5, 5.41) is 0.747. The lowest BCUT2D eigenvalue weighted by atomic mass is 9.98. The van der Waals surface area contributed by atoms with Crippen LogP contribution in [0.1, 0.15) is 18.4 Å². The number of halogens is 2. The predicted octanol–water partition coefficient (Wildman–Crippen LogP) is 3.04. The molecule has 5 heteroatoms. The van der Waals surface area contributed by atoms with Crippen LogP contribution in [0.3, 0.4) is 0 Å². The van der Waals surface area contributed by atoms with Crippen LogP contribution < -0.4 is 5.73 Å². The molecule has 0 radical (unpaired) electrons. The quantitative estimate of drug-likeness (QED) is 0.910. The highest BCUT2D eigenvalue weighted by atomic mass is 79.9. The number of piperidine rings is 1. The van der Waals surface area contributed by atoms with Crippen molar-refractivity contribution in [3.63, 3.8) is 0 Å². The number of benzene rings is 1. The Labute approximate surface area is 128 Å². The summed E-state index contributed by atoms with van der Waals surface area (Å²) < 4.78 is 6.40. The van der Waals surface area contributed by atoms with Gasteiger partial charge in [-0.25, -0.2) is 0 Å². The van der Waals surface area contributed by atoms with E-state index in [2.05, 4.69) is 33.0 Å². The summed E-state index contributed by atoms with van der Waals surface area (Å²) in [7, 11) is 1.78. The highest BCUT2D eigenvalue weighted by Gasteiger charge is 2.27. The van der Waals surface area contributed by atoms with Crippen LogP contribution in [0.15, 0.2) is 22.7 Å². The Hall–Kier alpha value is -0.130. The molecule has 2 unspecified atom stereocenters. The van der Waals surface area contributed by atoms with Crippen molar-refractivity contribution in [1.29, 1.82) is 0 Å². The molecule has 0 aromatic heterocycles. The predicted molar refractivity (Wildman–Crippen MR) is 82.4 cm³/mol. The molecule has 1 aromatic carbocycles. The number of likely N-dealkylation sites (tertiary alicyclic amines) is 1. The Bertz CT molecular complexity index is 430. The molecule has 0 amide bonds. The van der Waals surface area contributed by atoms with Crippen LogP contribution in [-0.4, -0.2) is 37.2 Å². The Balaban J connectivity index is 2.03. The molecule has 19 heavy (non-hydrogen) atoms. The van der Waals surface area contributed by atoms with E-state index in [9.17, 15) is 0 Å². The van der Waals surface area contributed by atoms with Gasteiger partial charge in [0.25, 0.3) is 0 Å². The Morgan fingerprint density at radius 2 is 2.32 bits per heavy atom. The second kappa shape index (κ2) is 7.04. The van der Waals surface area contributed by atoms with Crippen molar-refractivity contribution in [3.8, 4) is 0 Å². The molecule has 1 saturated heterocycles. The van der Waals surface area contributed by atoms with Gasteiger partial charge in [0.15, 0.2) is 0 Å². The van der Waals surface area contributed by atoms with E-state index >= 15 is 0 Å². The van der Waals surface area contributed by atoms with Crippen LogP contribution in [0.4, 0.5) is 0 Å². The van der Waals surface area contributed by atoms with Crippen molar-refractivity contribution >= 4 is 27.5 Å². The smallest absolute Gasteiger partial charge is 0.0599 e. The zero-order chi connectivity index (χ0) is 13.8. The summed E-state index contributed by atoms with van der Waals surface area (Å²) in [5.74, 6) is 0. The van der Waals surface area contributed by atoms with Gasteiger partial charge in [0.05, 0.1) is 11.1 Å². The second-order valence-electron chi connectivity index (χ2n) is 4.99. The van der Waals surface area contributed by atoms with Crippen LogP contribution in [-0.2, 0) is 11.3 Å². The summed E-state index contributed by atoms with van der Waals surface area (Å²) in [6, 6.07) is 6.48. The van der Waals surface area contributed by atoms with Gasteiger partial charge >= 0.3 is 0 Å². The third-order valence-electron chi connectivity index (χ3n) is 3.76. The van der Waals surface area contributed by atoms with Gasteiger partial charge in [-0.05, 0) is 46.5 Å². The molecule has 2 N–H and O–H groups in total. The van der Waals surface area contributed by atoms with Gasteiger partial charge in [0.1, 0.15) is 0 Å². The van der Waals surface area contributed by atoms with Gasteiger partial charge < -0.3 is 10.5 Å². The lowest BCUT2D eigenvalue weighted by molar-refractivity contribution is 0.0102. The lowest BCUT2D eigenvalue weighted by Gasteiger charge is -2.38. The van der Waals surface area contributed by atoms with Gasteiger partial charge in [-0.1, -0.05) is 17.7 Å². The molecule has 0 aliphatic carbocycles. The average Bonchev–Trinajstić information content (AvgIpc) is 2.43. The summed E-state index contributed by atoms with van der Waals surface area (Å²) in [6.07, 6.45) is 2.44. The Morgan fingerprint density at radius 3 is 2.95 bits per heavy atom. The summed E-state index contributed by atoms with van der Waals surface area (Å²) in [6.45, 7) is 2.61. The maximum Gasteiger partial charge on any atom is 0.0599 e. The van der Waals surface area contributed by atoms with Gasteiger partial charge in [0.2, 0.25) is 0 Å². The van der Waals surface area contributed by atoms with E-state index < -0.39 is 0 Å². The number of nitrogens with two attached hydrogens (primary N) is 1. The third-order valence-corrected chi connectivity index (χ3v) is 4.98. The number of hydrogen-bond acceptors (Lipinski definition) is 3. The molecule has 1 aromatic rings. The first-order chi connectivity index (χ1) is 9.13. The maximum atomic E-state index is 6.02. The minimum absolute atomic E-state index is 0.349. The summed E-state index contributed by atoms with van der Waals surface area (Å²) in [5.41, 5.74) is 7.15. The highest BCUT2D eigenvalue weighted by molar-refractivity contribution is 9.10. The lowest BCUT2D eigenvalue weighted by Crippen LogP contribution is -2.47. The van der Waals surface area contributed by atoms with E-state index in [-0.39, 0.29) is 0 Å². The molecule has 0 bridgehead atoms. The molecule has 106 valence electrons. The van der Waals surface area contributed by atoms with E-state index in [4.69, 9.17) is 22.1 Å². The molecule has 1 aliphatic rings. The SMILES string of the molecule is COC1CCN(Cc2ccc(Cl)c(Br)c2)C(CN)C1. The van der Waals surface area contributed by atoms with E-state index in [0.29, 0.717) is 18.7 Å². The van der Waals surface area contributed by atoms with Crippen molar-refractivity contribution in [3.05, 3.63) is 33.3 Å². The van der Waals surface area contributed by atoms with E-state index in [1.165, 1.54) is 5.56 Å².